The Morgan fingerprint density at radius 2 is 1.83 bits per heavy atom. The van der Waals surface area contributed by atoms with Gasteiger partial charge in [-0.3, -0.25) is 9.69 Å². The second kappa shape index (κ2) is 6.60. The molecular formula is C19H29N3O. The average molecular weight is 315 g/mol. The lowest BCUT2D eigenvalue weighted by Crippen LogP contribution is -2.51. The SMILES string of the molecule is CC.CC1CN(C2(c3cccc(C(=O)N4CCCC4)n3)CC2)C1. The van der Waals surface area contributed by atoms with E-state index in [9.17, 15) is 4.79 Å². The fourth-order valence-corrected chi connectivity index (χ4v) is 3.80. The molecule has 4 nitrogen and oxygen atoms in total. The third-order valence-corrected chi connectivity index (χ3v) is 5.23. The lowest BCUT2D eigenvalue weighted by molar-refractivity contribution is 0.0440. The Kier molecular flexibility index (Phi) is 4.72. The predicted octanol–water partition coefficient (Wildman–Crippen LogP) is 3.28. The Labute approximate surface area is 139 Å². The van der Waals surface area contributed by atoms with Gasteiger partial charge in [-0.1, -0.05) is 26.8 Å². The first-order chi connectivity index (χ1) is 11.2. The number of likely N-dealkylation sites (tertiary alicyclic amines) is 2. The van der Waals surface area contributed by atoms with Gasteiger partial charge in [0, 0.05) is 26.2 Å². The van der Waals surface area contributed by atoms with Gasteiger partial charge in [0.15, 0.2) is 0 Å². The summed E-state index contributed by atoms with van der Waals surface area (Å²) >= 11 is 0. The van der Waals surface area contributed by atoms with Gasteiger partial charge in [0.25, 0.3) is 5.91 Å². The highest BCUT2D eigenvalue weighted by atomic mass is 16.2. The van der Waals surface area contributed by atoms with Crippen LogP contribution in [0.1, 0.15) is 62.6 Å². The van der Waals surface area contributed by atoms with E-state index in [1.165, 1.54) is 25.9 Å². The van der Waals surface area contributed by atoms with Crippen molar-refractivity contribution in [3.8, 4) is 0 Å². The number of amides is 1. The van der Waals surface area contributed by atoms with E-state index in [-0.39, 0.29) is 11.4 Å². The first-order valence-electron chi connectivity index (χ1n) is 9.21. The molecule has 0 N–H and O–H groups in total. The van der Waals surface area contributed by atoms with E-state index < -0.39 is 0 Å². The zero-order valence-electron chi connectivity index (χ0n) is 14.7. The van der Waals surface area contributed by atoms with Crippen LogP contribution in [0.15, 0.2) is 18.2 Å². The van der Waals surface area contributed by atoms with E-state index >= 15 is 0 Å². The summed E-state index contributed by atoms with van der Waals surface area (Å²) in [7, 11) is 0. The lowest BCUT2D eigenvalue weighted by atomic mass is 9.96. The second-order valence-electron chi connectivity index (χ2n) is 6.95. The van der Waals surface area contributed by atoms with Crippen LogP contribution < -0.4 is 0 Å². The van der Waals surface area contributed by atoms with Gasteiger partial charge in [0.05, 0.1) is 11.2 Å². The van der Waals surface area contributed by atoms with Crippen LogP contribution in [0, 0.1) is 5.92 Å². The van der Waals surface area contributed by atoms with Crippen molar-refractivity contribution in [2.45, 2.75) is 52.0 Å². The molecule has 0 spiro atoms. The van der Waals surface area contributed by atoms with E-state index in [1.807, 2.05) is 30.9 Å². The van der Waals surface area contributed by atoms with Crippen LogP contribution in [-0.4, -0.2) is 46.9 Å². The fourth-order valence-electron chi connectivity index (χ4n) is 3.80. The molecule has 23 heavy (non-hydrogen) atoms. The maximum Gasteiger partial charge on any atom is 0.272 e. The largest absolute Gasteiger partial charge is 0.337 e. The van der Waals surface area contributed by atoms with Crippen LogP contribution in [0.25, 0.3) is 0 Å². The number of carbonyl (C=O) groups is 1. The van der Waals surface area contributed by atoms with E-state index in [0.29, 0.717) is 5.69 Å². The number of pyridine rings is 1. The molecule has 4 heteroatoms. The summed E-state index contributed by atoms with van der Waals surface area (Å²) in [6.07, 6.45) is 4.63. The monoisotopic (exact) mass is 315 g/mol. The van der Waals surface area contributed by atoms with Crippen LogP contribution in [0.5, 0.6) is 0 Å². The summed E-state index contributed by atoms with van der Waals surface area (Å²) in [4.78, 5) is 21.7. The second-order valence-corrected chi connectivity index (χ2v) is 6.95. The van der Waals surface area contributed by atoms with Crippen LogP contribution >= 0.6 is 0 Å². The summed E-state index contributed by atoms with van der Waals surface area (Å²) in [5.41, 5.74) is 1.89. The molecular weight excluding hydrogens is 286 g/mol. The van der Waals surface area contributed by atoms with Crippen molar-refractivity contribution in [1.29, 1.82) is 0 Å². The quantitative estimate of drug-likeness (QED) is 0.859. The molecule has 0 aromatic carbocycles. The summed E-state index contributed by atoms with van der Waals surface area (Å²) < 4.78 is 0. The molecule has 1 aromatic rings. The standard InChI is InChI=1S/C17H23N3O.C2H6/c1-13-11-20(12-13)17(7-8-17)15-6-4-5-14(18-15)16(21)19-9-2-3-10-19;1-2/h4-6,13H,2-3,7-12H2,1H3;1-2H3. The molecule has 1 aliphatic carbocycles. The number of rotatable bonds is 3. The fraction of sp³-hybridized carbons (Fsp3) is 0.684. The number of hydrogen-bond donors (Lipinski definition) is 0. The van der Waals surface area contributed by atoms with Crippen molar-refractivity contribution in [1.82, 2.24) is 14.8 Å². The van der Waals surface area contributed by atoms with Gasteiger partial charge in [-0.2, -0.15) is 0 Å². The Morgan fingerprint density at radius 1 is 1.17 bits per heavy atom. The molecule has 2 aliphatic heterocycles. The van der Waals surface area contributed by atoms with E-state index in [4.69, 9.17) is 4.98 Å². The van der Waals surface area contributed by atoms with Gasteiger partial charge in [-0.05, 0) is 43.7 Å². The van der Waals surface area contributed by atoms with Gasteiger partial charge in [0.2, 0.25) is 0 Å². The summed E-state index contributed by atoms with van der Waals surface area (Å²) in [6.45, 7) is 10.4. The van der Waals surface area contributed by atoms with Gasteiger partial charge in [-0.25, -0.2) is 4.98 Å². The molecule has 1 aromatic heterocycles. The summed E-state index contributed by atoms with van der Waals surface area (Å²) in [5, 5.41) is 0. The minimum atomic E-state index is 0.113. The van der Waals surface area contributed by atoms with Crippen molar-refractivity contribution in [3.63, 3.8) is 0 Å². The highest BCUT2D eigenvalue weighted by molar-refractivity contribution is 5.92. The average Bonchev–Trinajstić information content (AvgIpc) is 3.18. The maximum atomic E-state index is 12.5. The van der Waals surface area contributed by atoms with Crippen LogP contribution in [0.4, 0.5) is 0 Å². The minimum Gasteiger partial charge on any atom is -0.337 e. The smallest absolute Gasteiger partial charge is 0.272 e. The number of nitrogens with zero attached hydrogens (tertiary/aromatic N) is 3. The van der Waals surface area contributed by atoms with Crippen molar-refractivity contribution in [3.05, 3.63) is 29.6 Å². The zero-order chi connectivity index (χ0) is 16.4. The molecule has 3 fully saturated rings. The predicted molar refractivity (Wildman–Crippen MR) is 92.4 cm³/mol. The third-order valence-electron chi connectivity index (χ3n) is 5.23. The normalized spacial score (nSPS) is 23.0. The minimum absolute atomic E-state index is 0.113. The maximum absolute atomic E-state index is 12.5. The topological polar surface area (TPSA) is 36.4 Å². The highest BCUT2D eigenvalue weighted by Gasteiger charge is 2.53. The highest BCUT2D eigenvalue weighted by Crippen LogP contribution is 2.52. The number of aromatic nitrogens is 1. The van der Waals surface area contributed by atoms with Crippen LogP contribution in [0.2, 0.25) is 0 Å². The Bertz CT molecular complexity index is 555. The van der Waals surface area contributed by atoms with E-state index in [2.05, 4.69) is 17.9 Å². The molecule has 3 heterocycles. The van der Waals surface area contributed by atoms with Crippen molar-refractivity contribution in [2.75, 3.05) is 26.2 Å². The van der Waals surface area contributed by atoms with Crippen molar-refractivity contribution >= 4 is 5.91 Å². The molecule has 4 rings (SSSR count). The van der Waals surface area contributed by atoms with Crippen molar-refractivity contribution in [2.24, 2.45) is 5.92 Å². The molecule has 3 aliphatic rings. The lowest BCUT2D eigenvalue weighted by Gasteiger charge is -2.43. The van der Waals surface area contributed by atoms with Gasteiger partial charge in [-0.15, -0.1) is 0 Å². The third kappa shape index (κ3) is 3.01. The Hall–Kier alpha value is -1.42. The van der Waals surface area contributed by atoms with Crippen LogP contribution in [0.3, 0.4) is 0 Å². The van der Waals surface area contributed by atoms with Gasteiger partial charge < -0.3 is 4.90 Å². The molecule has 1 amide bonds. The first kappa shape index (κ1) is 16.4. The summed E-state index contributed by atoms with van der Waals surface area (Å²) in [5.74, 6) is 0.916. The van der Waals surface area contributed by atoms with Gasteiger partial charge in [0.1, 0.15) is 5.69 Å². The Morgan fingerprint density at radius 3 is 2.39 bits per heavy atom. The molecule has 1 saturated carbocycles. The molecule has 0 unspecified atom stereocenters. The van der Waals surface area contributed by atoms with Crippen LogP contribution in [-0.2, 0) is 5.54 Å². The van der Waals surface area contributed by atoms with Gasteiger partial charge >= 0.3 is 0 Å². The van der Waals surface area contributed by atoms with E-state index in [0.717, 1.165) is 37.5 Å². The summed E-state index contributed by atoms with van der Waals surface area (Å²) in [6, 6.07) is 5.99. The molecule has 0 radical (unpaired) electrons. The molecule has 0 bridgehead atoms. The van der Waals surface area contributed by atoms with E-state index in [1.54, 1.807) is 0 Å². The molecule has 2 saturated heterocycles. The first-order valence-corrected chi connectivity index (χ1v) is 9.21. The van der Waals surface area contributed by atoms with Crippen molar-refractivity contribution < 1.29 is 4.79 Å². The molecule has 126 valence electrons. The number of carbonyl (C=O) groups excluding carboxylic acids is 1. The Balaban J connectivity index is 0.000000753. The zero-order valence-corrected chi connectivity index (χ0v) is 14.7. The number of hydrogen-bond acceptors (Lipinski definition) is 3. The molecule has 0 atom stereocenters.